The molecule has 1 saturated carbocycles. The van der Waals surface area contributed by atoms with Crippen molar-refractivity contribution in [3.05, 3.63) is 29.8 Å². The molecule has 0 atom stereocenters. The summed E-state index contributed by atoms with van der Waals surface area (Å²) in [6, 6.07) is 7.85. The highest BCUT2D eigenvalue weighted by atomic mass is 16.5. The topological polar surface area (TPSA) is 75.6 Å². The Hall–Kier alpha value is -2.04. The SMILES string of the molecule is CC(C)COc1ccc(C(C)(C)CNC(=O)C2(C(=O)O)CC2)cc1. The predicted molar refractivity (Wildman–Crippen MR) is 92.1 cm³/mol. The minimum Gasteiger partial charge on any atom is -0.493 e. The average Bonchev–Trinajstić information content (AvgIpc) is 3.33. The Kier molecular flexibility index (Phi) is 5.21. The van der Waals surface area contributed by atoms with Crippen molar-refractivity contribution >= 4 is 11.9 Å². The Bertz CT molecular complexity index is 600. The highest BCUT2D eigenvalue weighted by molar-refractivity contribution is 6.04. The minimum atomic E-state index is -1.19. The van der Waals surface area contributed by atoms with Crippen molar-refractivity contribution in [3.63, 3.8) is 0 Å². The number of rotatable bonds is 8. The van der Waals surface area contributed by atoms with Gasteiger partial charge >= 0.3 is 5.97 Å². The first-order valence-electron chi connectivity index (χ1n) is 8.42. The van der Waals surface area contributed by atoms with Crippen LogP contribution in [0.4, 0.5) is 0 Å². The molecule has 0 bridgehead atoms. The quantitative estimate of drug-likeness (QED) is 0.717. The molecule has 132 valence electrons. The van der Waals surface area contributed by atoms with Crippen molar-refractivity contribution in [2.75, 3.05) is 13.2 Å². The van der Waals surface area contributed by atoms with Gasteiger partial charge in [0, 0.05) is 12.0 Å². The van der Waals surface area contributed by atoms with E-state index in [2.05, 4.69) is 19.2 Å². The molecule has 5 nitrogen and oxygen atoms in total. The van der Waals surface area contributed by atoms with Gasteiger partial charge in [0.05, 0.1) is 6.61 Å². The summed E-state index contributed by atoms with van der Waals surface area (Å²) in [7, 11) is 0. The monoisotopic (exact) mass is 333 g/mol. The Morgan fingerprint density at radius 2 is 1.83 bits per heavy atom. The van der Waals surface area contributed by atoms with E-state index in [0.29, 0.717) is 31.9 Å². The molecular weight excluding hydrogens is 306 g/mol. The van der Waals surface area contributed by atoms with Gasteiger partial charge in [-0.15, -0.1) is 0 Å². The summed E-state index contributed by atoms with van der Waals surface area (Å²) < 4.78 is 5.68. The van der Waals surface area contributed by atoms with Gasteiger partial charge in [0.1, 0.15) is 11.2 Å². The number of amides is 1. The Balaban J connectivity index is 1.95. The third-order valence-electron chi connectivity index (χ3n) is 4.50. The van der Waals surface area contributed by atoms with E-state index < -0.39 is 11.4 Å². The number of carbonyl (C=O) groups excluding carboxylic acids is 1. The maximum absolute atomic E-state index is 12.1. The van der Waals surface area contributed by atoms with Crippen molar-refractivity contribution in [1.29, 1.82) is 0 Å². The van der Waals surface area contributed by atoms with Crippen LogP contribution in [0.25, 0.3) is 0 Å². The number of hydrogen-bond acceptors (Lipinski definition) is 3. The zero-order valence-electron chi connectivity index (χ0n) is 14.9. The van der Waals surface area contributed by atoms with Crippen LogP contribution in [0.15, 0.2) is 24.3 Å². The van der Waals surface area contributed by atoms with Gasteiger partial charge in [-0.2, -0.15) is 0 Å². The summed E-state index contributed by atoms with van der Waals surface area (Å²) in [5.74, 6) is -0.0974. The fraction of sp³-hybridized carbons (Fsp3) is 0.579. The number of nitrogens with one attached hydrogen (secondary N) is 1. The van der Waals surface area contributed by atoms with E-state index in [0.717, 1.165) is 11.3 Å². The molecule has 0 spiro atoms. The summed E-state index contributed by atoms with van der Waals surface area (Å²) in [5.41, 5.74) is -0.411. The van der Waals surface area contributed by atoms with E-state index >= 15 is 0 Å². The van der Waals surface area contributed by atoms with E-state index in [1.54, 1.807) is 0 Å². The molecule has 2 N–H and O–H groups in total. The molecule has 0 aromatic heterocycles. The summed E-state index contributed by atoms with van der Waals surface area (Å²) in [6.45, 7) is 9.33. The maximum atomic E-state index is 12.1. The Morgan fingerprint density at radius 1 is 1.25 bits per heavy atom. The van der Waals surface area contributed by atoms with Gasteiger partial charge in [0.15, 0.2) is 0 Å². The maximum Gasteiger partial charge on any atom is 0.319 e. The van der Waals surface area contributed by atoms with Gasteiger partial charge in [-0.25, -0.2) is 0 Å². The van der Waals surface area contributed by atoms with Crippen molar-refractivity contribution in [2.24, 2.45) is 11.3 Å². The molecule has 0 unspecified atom stereocenters. The molecule has 1 aromatic carbocycles. The Labute approximate surface area is 143 Å². The fourth-order valence-corrected chi connectivity index (χ4v) is 2.50. The van der Waals surface area contributed by atoms with E-state index in [9.17, 15) is 9.59 Å². The van der Waals surface area contributed by atoms with Gasteiger partial charge in [-0.1, -0.05) is 39.8 Å². The molecule has 5 heteroatoms. The molecule has 0 radical (unpaired) electrons. The van der Waals surface area contributed by atoms with Crippen LogP contribution in [0.5, 0.6) is 5.75 Å². The third kappa shape index (κ3) is 4.08. The van der Waals surface area contributed by atoms with Crippen LogP contribution >= 0.6 is 0 Å². The second-order valence-electron chi connectivity index (χ2n) is 7.68. The van der Waals surface area contributed by atoms with Gasteiger partial charge < -0.3 is 15.2 Å². The van der Waals surface area contributed by atoms with Crippen LogP contribution < -0.4 is 10.1 Å². The lowest BCUT2D eigenvalue weighted by atomic mass is 9.84. The number of carbonyl (C=O) groups is 2. The Morgan fingerprint density at radius 3 is 2.29 bits per heavy atom. The number of hydrogen-bond donors (Lipinski definition) is 2. The molecule has 1 fully saturated rings. The molecular formula is C19H27NO4. The van der Waals surface area contributed by atoms with E-state index in [1.165, 1.54) is 0 Å². The fourth-order valence-electron chi connectivity index (χ4n) is 2.50. The molecule has 0 heterocycles. The number of aliphatic carboxylic acids is 1. The van der Waals surface area contributed by atoms with Gasteiger partial charge in [-0.3, -0.25) is 9.59 Å². The van der Waals surface area contributed by atoms with Crippen LogP contribution in [0.1, 0.15) is 46.1 Å². The number of carboxylic acid groups (broad SMARTS) is 1. The first kappa shape index (κ1) is 18.3. The van der Waals surface area contributed by atoms with Crippen LogP contribution in [-0.4, -0.2) is 30.1 Å². The smallest absolute Gasteiger partial charge is 0.319 e. The number of ether oxygens (including phenoxy) is 1. The highest BCUT2D eigenvalue weighted by Crippen LogP contribution is 2.46. The molecule has 0 aliphatic heterocycles. The standard InChI is InChI=1S/C19H27NO4/c1-13(2)11-24-15-7-5-14(6-8-15)18(3,4)12-20-16(21)19(9-10-19)17(22)23/h5-8,13H,9-12H2,1-4H3,(H,20,21)(H,22,23). The van der Waals surface area contributed by atoms with Gasteiger partial charge in [-0.05, 0) is 36.5 Å². The zero-order valence-corrected chi connectivity index (χ0v) is 14.9. The number of carboxylic acids is 1. The van der Waals surface area contributed by atoms with Crippen molar-refractivity contribution < 1.29 is 19.4 Å². The zero-order chi connectivity index (χ0) is 18.0. The van der Waals surface area contributed by atoms with E-state index in [1.807, 2.05) is 38.1 Å². The average molecular weight is 333 g/mol. The molecule has 1 aliphatic carbocycles. The molecule has 2 rings (SSSR count). The van der Waals surface area contributed by atoms with Crippen LogP contribution in [-0.2, 0) is 15.0 Å². The number of benzene rings is 1. The molecule has 1 amide bonds. The van der Waals surface area contributed by atoms with Crippen LogP contribution in [0.3, 0.4) is 0 Å². The summed E-state index contributed by atoms with van der Waals surface area (Å²) in [5, 5.41) is 12.0. The van der Waals surface area contributed by atoms with Crippen molar-refractivity contribution in [1.82, 2.24) is 5.32 Å². The normalized spacial score (nSPS) is 15.9. The molecule has 1 aliphatic rings. The second kappa shape index (κ2) is 6.83. The van der Waals surface area contributed by atoms with E-state index in [-0.39, 0.29) is 11.3 Å². The predicted octanol–water partition coefficient (Wildman–Crippen LogP) is 2.98. The molecule has 24 heavy (non-hydrogen) atoms. The first-order valence-corrected chi connectivity index (χ1v) is 8.42. The largest absolute Gasteiger partial charge is 0.493 e. The third-order valence-corrected chi connectivity index (χ3v) is 4.50. The molecule has 0 saturated heterocycles. The van der Waals surface area contributed by atoms with Crippen LogP contribution in [0, 0.1) is 11.3 Å². The lowest BCUT2D eigenvalue weighted by Gasteiger charge is -2.26. The van der Waals surface area contributed by atoms with Crippen LogP contribution in [0.2, 0.25) is 0 Å². The highest BCUT2D eigenvalue weighted by Gasteiger charge is 2.57. The minimum absolute atomic E-state index is 0.291. The summed E-state index contributed by atoms with van der Waals surface area (Å²) >= 11 is 0. The van der Waals surface area contributed by atoms with Gasteiger partial charge in [0.25, 0.3) is 0 Å². The first-order chi connectivity index (χ1) is 11.2. The van der Waals surface area contributed by atoms with Crippen molar-refractivity contribution in [3.8, 4) is 5.75 Å². The lowest BCUT2D eigenvalue weighted by molar-refractivity contribution is -0.149. The van der Waals surface area contributed by atoms with Crippen molar-refractivity contribution in [2.45, 2.75) is 46.0 Å². The van der Waals surface area contributed by atoms with Gasteiger partial charge in [0.2, 0.25) is 5.91 Å². The second-order valence-corrected chi connectivity index (χ2v) is 7.68. The summed E-state index contributed by atoms with van der Waals surface area (Å²) in [4.78, 5) is 23.3. The summed E-state index contributed by atoms with van der Waals surface area (Å²) in [6.07, 6.45) is 0.854. The molecule has 1 aromatic rings. The van der Waals surface area contributed by atoms with E-state index in [4.69, 9.17) is 9.84 Å². The lowest BCUT2D eigenvalue weighted by Crippen LogP contribution is -2.42.